The fourth-order valence-electron chi connectivity index (χ4n) is 7.48. The zero-order valence-electron chi connectivity index (χ0n) is 24.8. The summed E-state index contributed by atoms with van der Waals surface area (Å²) in [6.45, 7) is 15.4. The SMILES string of the molecule is CN1C=CN(c2cccc(-n3c4ccccc4c4ccc([Si](c5ccccn5)(C(C)(C)C)C(C)(C)C)cc43)c2)C1. The van der Waals surface area contributed by atoms with Gasteiger partial charge in [-0.05, 0) is 57.7 Å². The van der Waals surface area contributed by atoms with Gasteiger partial charge in [-0.1, -0.05) is 84.0 Å². The van der Waals surface area contributed by atoms with Crippen molar-refractivity contribution in [2.45, 2.75) is 51.6 Å². The number of pyridine rings is 1. The third-order valence-corrected chi connectivity index (χ3v) is 15.4. The van der Waals surface area contributed by atoms with Crippen molar-refractivity contribution in [1.29, 1.82) is 0 Å². The van der Waals surface area contributed by atoms with E-state index in [1.807, 2.05) is 12.3 Å². The summed E-state index contributed by atoms with van der Waals surface area (Å²) in [5.41, 5.74) is 4.87. The molecule has 3 heterocycles. The minimum Gasteiger partial charge on any atom is -0.361 e. The number of hydrogen-bond acceptors (Lipinski definition) is 3. The highest BCUT2D eigenvalue weighted by atomic mass is 28.3. The van der Waals surface area contributed by atoms with E-state index in [9.17, 15) is 0 Å². The Morgan fingerprint density at radius 2 is 1.38 bits per heavy atom. The van der Waals surface area contributed by atoms with Crippen molar-refractivity contribution in [2.24, 2.45) is 0 Å². The number of benzene rings is 3. The first-order chi connectivity index (χ1) is 19.0. The van der Waals surface area contributed by atoms with Gasteiger partial charge in [0.2, 0.25) is 0 Å². The zero-order valence-corrected chi connectivity index (χ0v) is 25.8. The van der Waals surface area contributed by atoms with Crippen molar-refractivity contribution in [3.63, 3.8) is 0 Å². The van der Waals surface area contributed by atoms with Gasteiger partial charge in [0, 0.05) is 53.1 Å². The molecule has 0 bridgehead atoms. The van der Waals surface area contributed by atoms with E-state index >= 15 is 0 Å². The quantitative estimate of drug-likeness (QED) is 0.219. The van der Waals surface area contributed by atoms with E-state index in [-0.39, 0.29) is 10.1 Å². The Hall–Kier alpha value is -3.83. The normalized spacial score (nSPS) is 14.6. The standard InChI is InChI=1S/C35H40N4Si/c1-34(2,3)40(35(4,5)6,33-17-10-11-20-36-33)28-18-19-30-29-15-8-9-16-31(29)39(32(30)24-28)27-14-12-13-26(23-27)38-22-21-37(7)25-38/h8-24H,25H2,1-7H3. The molecule has 40 heavy (non-hydrogen) atoms. The van der Waals surface area contributed by atoms with Crippen LogP contribution in [0.15, 0.2) is 104 Å². The highest BCUT2D eigenvalue weighted by Crippen LogP contribution is 2.50. The molecule has 0 radical (unpaired) electrons. The molecule has 0 fully saturated rings. The van der Waals surface area contributed by atoms with Gasteiger partial charge >= 0.3 is 0 Å². The van der Waals surface area contributed by atoms with Crippen molar-refractivity contribution in [3.8, 4) is 5.69 Å². The van der Waals surface area contributed by atoms with Gasteiger partial charge in [-0.25, -0.2) is 0 Å². The number of nitrogens with zero attached hydrogens (tertiary/aromatic N) is 4. The second kappa shape index (κ2) is 9.38. The summed E-state index contributed by atoms with van der Waals surface area (Å²) < 4.78 is 2.46. The van der Waals surface area contributed by atoms with E-state index in [4.69, 9.17) is 4.98 Å². The van der Waals surface area contributed by atoms with Gasteiger partial charge in [0.25, 0.3) is 0 Å². The monoisotopic (exact) mass is 544 g/mol. The van der Waals surface area contributed by atoms with Crippen LogP contribution in [0.1, 0.15) is 41.5 Å². The molecule has 2 aromatic heterocycles. The summed E-state index contributed by atoms with van der Waals surface area (Å²) in [7, 11) is -0.320. The summed E-state index contributed by atoms with van der Waals surface area (Å²) >= 11 is 0. The van der Waals surface area contributed by atoms with Gasteiger partial charge in [0.05, 0.1) is 17.7 Å². The first-order valence-corrected chi connectivity index (χ1v) is 16.2. The fraction of sp³-hybridized carbons (Fsp3) is 0.286. The molecule has 0 amide bonds. The number of anilines is 1. The molecule has 0 atom stereocenters. The Morgan fingerprint density at radius 1 is 0.675 bits per heavy atom. The molecule has 5 heteroatoms. The van der Waals surface area contributed by atoms with Crippen LogP contribution in [0.25, 0.3) is 27.5 Å². The molecule has 4 nitrogen and oxygen atoms in total. The van der Waals surface area contributed by atoms with Crippen molar-refractivity contribution in [1.82, 2.24) is 14.5 Å². The molecular formula is C35H40N4Si. The van der Waals surface area contributed by atoms with Crippen molar-refractivity contribution in [2.75, 3.05) is 18.6 Å². The molecule has 6 rings (SSSR count). The van der Waals surface area contributed by atoms with Crippen LogP contribution in [-0.2, 0) is 0 Å². The van der Waals surface area contributed by atoms with Crippen molar-refractivity contribution in [3.05, 3.63) is 104 Å². The van der Waals surface area contributed by atoms with Gasteiger partial charge in [-0.2, -0.15) is 0 Å². The molecule has 3 aromatic carbocycles. The van der Waals surface area contributed by atoms with Crippen molar-refractivity contribution >= 4 is 46.1 Å². The molecule has 0 N–H and O–H groups in total. The van der Waals surface area contributed by atoms with Crippen LogP contribution >= 0.6 is 0 Å². The smallest absolute Gasteiger partial charge is 0.151 e. The van der Waals surface area contributed by atoms with Crippen LogP contribution in [0, 0.1) is 0 Å². The summed E-state index contributed by atoms with van der Waals surface area (Å²) in [5.74, 6) is 0. The highest BCUT2D eigenvalue weighted by Gasteiger charge is 2.56. The predicted molar refractivity (Wildman–Crippen MR) is 174 cm³/mol. The van der Waals surface area contributed by atoms with E-state index < -0.39 is 8.07 Å². The zero-order chi connectivity index (χ0) is 28.3. The summed E-state index contributed by atoms with van der Waals surface area (Å²) in [4.78, 5) is 9.55. The van der Waals surface area contributed by atoms with E-state index in [2.05, 4.69) is 154 Å². The second-order valence-electron chi connectivity index (χ2n) is 13.2. The minimum atomic E-state index is -2.43. The molecule has 0 aliphatic carbocycles. The van der Waals surface area contributed by atoms with E-state index in [0.29, 0.717) is 0 Å². The summed E-state index contributed by atoms with van der Waals surface area (Å²) in [6.07, 6.45) is 6.25. The van der Waals surface area contributed by atoms with Gasteiger partial charge in [0.1, 0.15) is 0 Å². The lowest BCUT2D eigenvalue weighted by atomic mass is 10.1. The maximum atomic E-state index is 5.06. The Labute approximate surface area is 239 Å². The number of rotatable bonds is 4. The average molecular weight is 545 g/mol. The topological polar surface area (TPSA) is 24.3 Å². The molecule has 1 aliphatic heterocycles. The Bertz CT molecular complexity index is 1710. The van der Waals surface area contributed by atoms with E-state index in [0.717, 1.165) is 6.67 Å². The lowest BCUT2D eigenvalue weighted by molar-refractivity contribution is 0.496. The van der Waals surface area contributed by atoms with E-state index in [1.165, 1.54) is 43.7 Å². The Morgan fingerprint density at radius 3 is 2.05 bits per heavy atom. The van der Waals surface area contributed by atoms with Crippen LogP contribution in [0.4, 0.5) is 5.69 Å². The second-order valence-corrected chi connectivity index (χ2v) is 18.8. The molecule has 0 unspecified atom stereocenters. The molecule has 1 aliphatic rings. The molecule has 204 valence electrons. The predicted octanol–water partition coefficient (Wildman–Crippen LogP) is 7.52. The average Bonchev–Trinajstić information content (AvgIpc) is 3.49. The summed E-state index contributed by atoms with van der Waals surface area (Å²) in [5, 5.41) is 5.34. The minimum absolute atomic E-state index is 0.0398. The number of aromatic nitrogens is 2. The van der Waals surface area contributed by atoms with Crippen LogP contribution in [-0.4, -0.2) is 36.2 Å². The largest absolute Gasteiger partial charge is 0.361 e. The van der Waals surface area contributed by atoms with Crippen molar-refractivity contribution < 1.29 is 0 Å². The molecule has 5 aromatic rings. The molecule has 0 spiro atoms. The third kappa shape index (κ3) is 3.98. The first kappa shape index (κ1) is 26.4. The lowest BCUT2D eigenvalue weighted by Gasteiger charge is -2.51. The summed E-state index contributed by atoms with van der Waals surface area (Å²) in [6, 6.07) is 31.5. The maximum Gasteiger partial charge on any atom is 0.151 e. The molecular weight excluding hydrogens is 504 g/mol. The number of hydrogen-bond donors (Lipinski definition) is 0. The number of para-hydroxylation sites is 1. The van der Waals surface area contributed by atoms with Crippen LogP contribution in [0.2, 0.25) is 10.1 Å². The fourth-order valence-corrected chi connectivity index (χ4v) is 14.6. The van der Waals surface area contributed by atoms with Crippen LogP contribution in [0.3, 0.4) is 0 Å². The molecule has 0 saturated carbocycles. The van der Waals surface area contributed by atoms with Gasteiger partial charge in [-0.15, -0.1) is 0 Å². The Kier molecular flexibility index (Phi) is 6.19. The van der Waals surface area contributed by atoms with Crippen LogP contribution in [0.5, 0.6) is 0 Å². The Balaban J connectivity index is 1.66. The van der Waals surface area contributed by atoms with Gasteiger partial charge in [0.15, 0.2) is 8.07 Å². The van der Waals surface area contributed by atoms with Gasteiger partial charge in [-0.3, -0.25) is 4.98 Å². The first-order valence-electron chi connectivity index (χ1n) is 14.2. The maximum absolute atomic E-state index is 5.06. The molecule has 0 saturated heterocycles. The van der Waals surface area contributed by atoms with Crippen LogP contribution < -0.4 is 15.4 Å². The number of fused-ring (bicyclic) bond motifs is 3. The third-order valence-electron chi connectivity index (χ3n) is 8.70. The lowest BCUT2D eigenvalue weighted by Crippen LogP contribution is -2.70. The van der Waals surface area contributed by atoms with Gasteiger partial charge < -0.3 is 14.4 Å². The highest BCUT2D eigenvalue weighted by molar-refractivity contribution is 7.05. The van der Waals surface area contributed by atoms with E-state index in [1.54, 1.807) is 0 Å².